The Morgan fingerprint density at radius 1 is 1.33 bits per heavy atom. The zero-order valence-electron chi connectivity index (χ0n) is 10.4. The van der Waals surface area contributed by atoms with Gasteiger partial charge in [-0.15, -0.1) is 0 Å². The average molecular weight is 244 g/mol. The second-order valence-electron chi connectivity index (χ2n) is 4.62. The predicted octanol–water partition coefficient (Wildman–Crippen LogP) is 1.53. The van der Waals surface area contributed by atoms with Crippen molar-refractivity contribution in [3.8, 4) is 0 Å². The molecule has 0 aromatic carbocycles. The highest BCUT2D eigenvalue weighted by molar-refractivity contribution is 5.07. The van der Waals surface area contributed by atoms with Crippen LogP contribution in [-0.2, 0) is 11.3 Å². The first-order chi connectivity index (χ1) is 8.83. The van der Waals surface area contributed by atoms with E-state index in [0.29, 0.717) is 5.92 Å². The lowest BCUT2D eigenvalue weighted by Gasteiger charge is -2.11. The van der Waals surface area contributed by atoms with Crippen molar-refractivity contribution in [2.24, 2.45) is 0 Å². The van der Waals surface area contributed by atoms with Crippen molar-refractivity contribution >= 4 is 0 Å². The highest BCUT2D eigenvalue weighted by atomic mass is 16.5. The SMILES string of the molecule is Cc1cnc(Cn2ccnc2C2CCOC2)cn1. The molecule has 1 fully saturated rings. The van der Waals surface area contributed by atoms with Crippen molar-refractivity contribution < 1.29 is 4.74 Å². The van der Waals surface area contributed by atoms with Crippen LogP contribution >= 0.6 is 0 Å². The maximum atomic E-state index is 5.42. The number of nitrogens with zero attached hydrogens (tertiary/aromatic N) is 4. The van der Waals surface area contributed by atoms with Crippen LogP contribution in [0.15, 0.2) is 24.8 Å². The molecule has 0 N–H and O–H groups in total. The summed E-state index contributed by atoms with van der Waals surface area (Å²) in [4.78, 5) is 13.1. The molecule has 1 aliphatic heterocycles. The molecular formula is C13H16N4O. The molecule has 2 aromatic heterocycles. The van der Waals surface area contributed by atoms with Gasteiger partial charge in [-0.05, 0) is 13.3 Å². The number of rotatable bonds is 3. The van der Waals surface area contributed by atoms with E-state index >= 15 is 0 Å². The number of imidazole rings is 1. The van der Waals surface area contributed by atoms with Crippen molar-refractivity contribution in [3.63, 3.8) is 0 Å². The van der Waals surface area contributed by atoms with Gasteiger partial charge < -0.3 is 9.30 Å². The summed E-state index contributed by atoms with van der Waals surface area (Å²) in [5.41, 5.74) is 1.90. The fraction of sp³-hybridized carbons (Fsp3) is 0.462. The topological polar surface area (TPSA) is 52.8 Å². The molecule has 0 radical (unpaired) electrons. The minimum absolute atomic E-state index is 0.415. The molecule has 3 heterocycles. The van der Waals surface area contributed by atoms with Gasteiger partial charge in [-0.3, -0.25) is 9.97 Å². The Kier molecular flexibility index (Phi) is 3.06. The monoisotopic (exact) mass is 244 g/mol. The van der Waals surface area contributed by atoms with Gasteiger partial charge in [0, 0.05) is 31.1 Å². The minimum Gasteiger partial charge on any atom is -0.381 e. The molecule has 0 bridgehead atoms. The van der Waals surface area contributed by atoms with Gasteiger partial charge in [-0.25, -0.2) is 4.98 Å². The van der Waals surface area contributed by atoms with E-state index in [4.69, 9.17) is 4.74 Å². The molecule has 0 amide bonds. The molecule has 1 unspecified atom stereocenters. The fourth-order valence-electron chi connectivity index (χ4n) is 2.23. The normalized spacial score (nSPS) is 19.3. The van der Waals surface area contributed by atoms with Crippen molar-refractivity contribution in [2.75, 3.05) is 13.2 Å². The molecule has 0 aliphatic carbocycles. The Balaban J connectivity index is 1.80. The van der Waals surface area contributed by atoms with E-state index in [1.54, 1.807) is 6.20 Å². The third-order valence-electron chi connectivity index (χ3n) is 3.21. The molecule has 0 spiro atoms. The molecular weight excluding hydrogens is 228 g/mol. The summed E-state index contributed by atoms with van der Waals surface area (Å²) in [5.74, 6) is 1.51. The molecule has 2 aromatic rings. The standard InChI is InChI=1S/C13H16N4O/c1-10-6-16-12(7-15-10)8-17-4-3-14-13(17)11-2-5-18-9-11/h3-4,6-7,11H,2,5,8-9H2,1H3. The van der Waals surface area contributed by atoms with Gasteiger partial charge in [0.15, 0.2) is 0 Å². The number of aryl methyl sites for hydroxylation is 1. The molecule has 18 heavy (non-hydrogen) atoms. The molecule has 1 saturated heterocycles. The second-order valence-corrected chi connectivity index (χ2v) is 4.62. The van der Waals surface area contributed by atoms with Crippen LogP contribution in [0, 0.1) is 6.92 Å². The van der Waals surface area contributed by atoms with E-state index in [9.17, 15) is 0 Å². The average Bonchev–Trinajstić information content (AvgIpc) is 3.02. The highest BCUT2D eigenvalue weighted by Gasteiger charge is 2.22. The summed E-state index contributed by atoms with van der Waals surface area (Å²) in [6.45, 7) is 4.27. The molecule has 5 nitrogen and oxygen atoms in total. The van der Waals surface area contributed by atoms with Gasteiger partial charge in [0.2, 0.25) is 0 Å². The summed E-state index contributed by atoms with van der Waals surface area (Å²) in [5, 5.41) is 0. The van der Waals surface area contributed by atoms with Crippen LogP contribution < -0.4 is 0 Å². The molecule has 1 atom stereocenters. The summed E-state index contributed by atoms with van der Waals surface area (Å²) in [7, 11) is 0. The van der Waals surface area contributed by atoms with E-state index in [1.807, 2.05) is 25.5 Å². The molecule has 94 valence electrons. The number of hydrogen-bond acceptors (Lipinski definition) is 4. The summed E-state index contributed by atoms with van der Waals surface area (Å²) < 4.78 is 7.56. The first-order valence-corrected chi connectivity index (χ1v) is 6.19. The zero-order valence-corrected chi connectivity index (χ0v) is 10.4. The van der Waals surface area contributed by atoms with E-state index in [-0.39, 0.29) is 0 Å². The Morgan fingerprint density at radius 3 is 3.00 bits per heavy atom. The highest BCUT2D eigenvalue weighted by Crippen LogP contribution is 2.23. The largest absolute Gasteiger partial charge is 0.381 e. The third-order valence-corrected chi connectivity index (χ3v) is 3.21. The quantitative estimate of drug-likeness (QED) is 0.821. The predicted molar refractivity (Wildman–Crippen MR) is 66.3 cm³/mol. The Hall–Kier alpha value is -1.75. The Labute approximate surface area is 106 Å². The number of ether oxygens (including phenoxy) is 1. The van der Waals surface area contributed by atoms with Crippen LogP contribution in [0.4, 0.5) is 0 Å². The van der Waals surface area contributed by atoms with Crippen LogP contribution in [0.25, 0.3) is 0 Å². The van der Waals surface area contributed by atoms with Gasteiger partial charge in [0.25, 0.3) is 0 Å². The molecule has 0 saturated carbocycles. The van der Waals surface area contributed by atoms with Crippen molar-refractivity contribution in [2.45, 2.75) is 25.8 Å². The van der Waals surface area contributed by atoms with Crippen molar-refractivity contribution in [3.05, 3.63) is 42.0 Å². The minimum atomic E-state index is 0.415. The van der Waals surface area contributed by atoms with E-state index in [1.165, 1.54) is 0 Å². The van der Waals surface area contributed by atoms with Gasteiger partial charge in [-0.1, -0.05) is 0 Å². The van der Waals surface area contributed by atoms with Crippen molar-refractivity contribution in [1.29, 1.82) is 0 Å². The Morgan fingerprint density at radius 2 is 2.28 bits per heavy atom. The summed E-state index contributed by atoms with van der Waals surface area (Å²) in [6.07, 6.45) is 8.51. The first kappa shape index (κ1) is 11.3. The summed E-state index contributed by atoms with van der Waals surface area (Å²) >= 11 is 0. The van der Waals surface area contributed by atoms with Gasteiger partial charge in [0.05, 0.1) is 30.7 Å². The fourth-order valence-corrected chi connectivity index (χ4v) is 2.23. The second kappa shape index (κ2) is 4.86. The van der Waals surface area contributed by atoms with Crippen molar-refractivity contribution in [1.82, 2.24) is 19.5 Å². The molecule has 3 rings (SSSR count). The van der Waals surface area contributed by atoms with Crippen LogP contribution in [0.1, 0.15) is 29.6 Å². The van der Waals surface area contributed by atoms with Gasteiger partial charge >= 0.3 is 0 Å². The Bertz CT molecular complexity index is 514. The summed E-state index contributed by atoms with van der Waals surface area (Å²) in [6, 6.07) is 0. The van der Waals surface area contributed by atoms with E-state index in [0.717, 1.165) is 43.4 Å². The van der Waals surface area contributed by atoms with Crippen LogP contribution in [0.5, 0.6) is 0 Å². The first-order valence-electron chi connectivity index (χ1n) is 6.19. The lowest BCUT2D eigenvalue weighted by atomic mass is 10.1. The lowest BCUT2D eigenvalue weighted by molar-refractivity contribution is 0.192. The molecule has 1 aliphatic rings. The number of aromatic nitrogens is 4. The van der Waals surface area contributed by atoms with Crippen LogP contribution in [0.3, 0.4) is 0 Å². The zero-order chi connectivity index (χ0) is 12.4. The maximum Gasteiger partial charge on any atom is 0.114 e. The lowest BCUT2D eigenvalue weighted by Crippen LogP contribution is -2.10. The van der Waals surface area contributed by atoms with E-state index in [2.05, 4.69) is 19.5 Å². The third kappa shape index (κ3) is 2.26. The van der Waals surface area contributed by atoms with Crippen LogP contribution in [-0.4, -0.2) is 32.7 Å². The van der Waals surface area contributed by atoms with Crippen LogP contribution in [0.2, 0.25) is 0 Å². The number of hydrogen-bond donors (Lipinski definition) is 0. The smallest absolute Gasteiger partial charge is 0.114 e. The maximum absolute atomic E-state index is 5.42. The van der Waals surface area contributed by atoms with Gasteiger partial charge in [-0.2, -0.15) is 0 Å². The van der Waals surface area contributed by atoms with Gasteiger partial charge in [0.1, 0.15) is 5.82 Å². The van der Waals surface area contributed by atoms with E-state index < -0.39 is 0 Å². The molecule has 5 heteroatoms.